The highest BCUT2D eigenvalue weighted by Gasteiger charge is 2.40. The molecule has 1 fully saturated rings. The van der Waals surface area contributed by atoms with Crippen LogP contribution >= 0.6 is 11.6 Å². The molecule has 10 heteroatoms. The van der Waals surface area contributed by atoms with Gasteiger partial charge in [0.05, 0.1) is 11.6 Å². The van der Waals surface area contributed by atoms with E-state index in [1.54, 1.807) is 0 Å². The lowest BCUT2D eigenvalue weighted by atomic mass is 10.0. The number of piperidine rings is 1. The maximum absolute atomic E-state index is 15.0. The Bertz CT molecular complexity index is 1070. The van der Waals surface area contributed by atoms with Gasteiger partial charge in [0.15, 0.2) is 0 Å². The number of fused-ring (bicyclic) bond motifs is 1. The predicted molar refractivity (Wildman–Crippen MR) is 103 cm³/mol. The first kappa shape index (κ1) is 20.0. The SMILES string of the molecule is O=C1CCC(N2Cc3c(ccc(CNC(=O)c4ccc(Cl)cn4)c3F)C2=O)C(=O)N1. The molecule has 30 heavy (non-hydrogen) atoms. The van der Waals surface area contributed by atoms with E-state index in [1.165, 1.54) is 35.4 Å². The number of hydrogen-bond donors (Lipinski definition) is 2. The Hall–Kier alpha value is -3.33. The van der Waals surface area contributed by atoms with E-state index >= 15 is 4.39 Å². The van der Waals surface area contributed by atoms with Gasteiger partial charge >= 0.3 is 0 Å². The third-order valence-corrected chi connectivity index (χ3v) is 5.35. The third-order valence-electron chi connectivity index (χ3n) is 5.13. The zero-order chi connectivity index (χ0) is 21.4. The Morgan fingerprint density at radius 1 is 1.27 bits per heavy atom. The van der Waals surface area contributed by atoms with Crippen molar-refractivity contribution in [3.63, 3.8) is 0 Å². The molecule has 4 amide bonds. The van der Waals surface area contributed by atoms with Gasteiger partial charge in [0, 0.05) is 35.9 Å². The average molecular weight is 431 g/mol. The topological polar surface area (TPSA) is 108 Å². The van der Waals surface area contributed by atoms with Crippen LogP contribution in [-0.2, 0) is 22.7 Å². The summed E-state index contributed by atoms with van der Waals surface area (Å²) in [5.74, 6) is -2.51. The van der Waals surface area contributed by atoms with Crippen LogP contribution in [0.2, 0.25) is 5.02 Å². The summed E-state index contributed by atoms with van der Waals surface area (Å²) in [4.78, 5) is 53.5. The zero-order valence-electron chi connectivity index (χ0n) is 15.6. The Kier molecular flexibility index (Phi) is 5.21. The monoisotopic (exact) mass is 430 g/mol. The lowest BCUT2D eigenvalue weighted by Crippen LogP contribution is -2.52. The van der Waals surface area contributed by atoms with Gasteiger partial charge in [-0.3, -0.25) is 24.5 Å². The number of halogens is 2. The number of carbonyl (C=O) groups excluding carboxylic acids is 4. The molecule has 0 spiro atoms. The molecule has 1 aromatic heterocycles. The highest BCUT2D eigenvalue weighted by Crippen LogP contribution is 2.30. The number of carbonyl (C=O) groups is 4. The molecule has 1 atom stereocenters. The van der Waals surface area contributed by atoms with Crippen molar-refractivity contribution in [3.8, 4) is 0 Å². The molecule has 2 aliphatic heterocycles. The number of pyridine rings is 1. The predicted octanol–water partition coefficient (Wildman–Crippen LogP) is 1.57. The van der Waals surface area contributed by atoms with E-state index in [4.69, 9.17) is 11.6 Å². The fraction of sp³-hybridized carbons (Fsp3) is 0.250. The second kappa shape index (κ2) is 7.83. The molecular weight excluding hydrogens is 415 g/mol. The van der Waals surface area contributed by atoms with Gasteiger partial charge in [-0.1, -0.05) is 17.7 Å². The number of benzene rings is 1. The summed E-state index contributed by atoms with van der Waals surface area (Å²) in [5, 5.41) is 5.17. The molecule has 154 valence electrons. The smallest absolute Gasteiger partial charge is 0.270 e. The number of nitrogens with zero attached hydrogens (tertiary/aromatic N) is 2. The first-order valence-electron chi connectivity index (χ1n) is 9.20. The van der Waals surface area contributed by atoms with E-state index in [2.05, 4.69) is 15.6 Å². The number of imide groups is 1. The van der Waals surface area contributed by atoms with Gasteiger partial charge in [0.1, 0.15) is 17.6 Å². The van der Waals surface area contributed by atoms with Gasteiger partial charge in [0.2, 0.25) is 11.8 Å². The second-order valence-electron chi connectivity index (χ2n) is 7.01. The third kappa shape index (κ3) is 3.63. The standard InChI is InChI=1S/C20H16ClFN4O4/c21-11-2-4-14(23-8-11)18(28)24-7-10-1-3-12-13(17(10)22)9-26(20(12)30)15-5-6-16(27)25-19(15)29/h1-4,8,15H,5-7,9H2,(H,24,28)(H,25,27,29). The van der Waals surface area contributed by atoms with E-state index in [0.29, 0.717) is 5.02 Å². The quantitative estimate of drug-likeness (QED) is 0.716. The number of aromatic nitrogens is 1. The van der Waals surface area contributed by atoms with Crippen molar-refractivity contribution in [3.05, 3.63) is 63.7 Å². The highest BCUT2D eigenvalue weighted by molar-refractivity contribution is 6.30. The molecule has 1 aromatic carbocycles. The molecule has 0 bridgehead atoms. The zero-order valence-corrected chi connectivity index (χ0v) is 16.3. The maximum Gasteiger partial charge on any atom is 0.270 e. The van der Waals surface area contributed by atoms with Crippen molar-refractivity contribution in [2.24, 2.45) is 0 Å². The molecule has 0 radical (unpaired) electrons. The van der Waals surface area contributed by atoms with Crippen LogP contribution in [-0.4, -0.2) is 39.6 Å². The minimum Gasteiger partial charge on any atom is -0.347 e. The molecule has 1 saturated heterocycles. The molecule has 0 aliphatic carbocycles. The van der Waals surface area contributed by atoms with Crippen molar-refractivity contribution in [1.29, 1.82) is 0 Å². The fourth-order valence-electron chi connectivity index (χ4n) is 3.57. The molecule has 0 saturated carbocycles. The summed E-state index contributed by atoms with van der Waals surface area (Å²) >= 11 is 5.74. The molecule has 1 unspecified atom stereocenters. The number of amides is 4. The van der Waals surface area contributed by atoms with Crippen molar-refractivity contribution in [2.45, 2.75) is 32.0 Å². The van der Waals surface area contributed by atoms with Crippen LogP contribution in [0.3, 0.4) is 0 Å². The van der Waals surface area contributed by atoms with Crippen molar-refractivity contribution in [2.75, 3.05) is 0 Å². The van der Waals surface area contributed by atoms with Crippen LogP contribution < -0.4 is 10.6 Å². The largest absolute Gasteiger partial charge is 0.347 e. The molecule has 8 nitrogen and oxygen atoms in total. The Labute approximate surface area is 175 Å². The van der Waals surface area contributed by atoms with E-state index in [1.807, 2.05) is 0 Å². The van der Waals surface area contributed by atoms with E-state index in [9.17, 15) is 19.2 Å². The van der Waals surface area contributed by atoms with Crippen molar-refractivity contribution >= 4 is 35.2 Å². The molecule has 4 rings (SSSR count). The van der Waals surface area contributed by atoms with Gasteiger partial charge in [-0.05, 0) is 24.6 Å². The minimum absolute atomic E-state index is 0.0766. The van der Waals surface area contributed by atoms with E-state index in [-0.39, 0.29) is 54.2 Å². The van der Waals surface area contributed by atoms with Gasteiger partial charge < -0.3 is 10.2 Å². The van der Waals surface area contributed by atoms with Crippen LogP contribution in [0.15, 0.2) is 30.5 Å². The summed E-state index contributed by atoms with van der Waals surface area (Å²) in [7, 11) is 0. The van der Waals surface area contributed by atoms with Gasteiger partial charge in [0.25, 0.3) is 11.8 Å². The molecular formula is C20H16ClFN4O4. The molecule has 2 N–H and O–H groups in total. The number of hydrogen-bond acceptors (Lipinski definition) is 5. The summed E-state index contributed by atoms with van der Waals surface area (Å²) in [6, 6.07) is 5.06. The summed E-state index contributed by atoms with van der Waals surface area (Å²) in [5.41, 5.74) is 0.682. The molecule has 3 heterocycles. The van der Waals surface area contributed by atoms with Gasteiger partial charge in [-0.2, -0.15) is 0 Å². The second-order valence-corrected chi connectivity index (χ2v) is 7.45. The summed E-state index contributed by atoms with van der Waals surface area (Å²) in [6.45, 7) is -0.179. The first-order valence-corrected chi connectivity index (χ1v) is 9.57. The lowest BCUT2D eigenvalue weighted by molar-refractivity contribution is -0.136. The average Bonchev–Trinajstić information content (AvgIpc) is 3.05. The Morgan fingerprint density at radius 2 is 2.07 bits per heavy atom. The Morgan fingerprint density at radius 3 is 2.77 bits per heavy atom. The summed E-state index contributed by atoms with van der Waals surface area (Å²) in [6.07, 6.45) is 1.65. The highest BCUT2D eigenvalue weighted by atomic mass is 35.5. The number of nitrogens with one attached hydrogen (secondary N) is 2. The van der Waals surface area contributed by atoms with Gasteiger partial charge in [-0.25, -0.2) is 9.37 Å². The van der Waals surface area contributed by atoms with Crippen molar-refractivity contribution in [1.82, 2.24) is 20.5 Å². The molecule has 2 aliphatic rings. The van der Waals surface area contributed by atoms with E-state index in [0.717, 1.165) is 0 Å². The van der Waals surface area contributed by atoms with Crippen LogP contribution in [0.4, 0.5) is 4.39 Å². The van der Waals surface area contributed by atoms with Crippen LogP contribution in [0, 0.1) is 5.82 Å². The lowest BCUT2D eigenvalue weighted by Gasteiger charge is -2.29. The Balaban J connectivity index is 1.49. The van der Waals surface area contributed by atoms with Crippen LogP contribution in [0.1, 0.15) is 44.8 Å². The van der Waals surface area contributed by atoms with Gasteiger partial charge in [-0.15, -0.1) is 0 Å². The fourth-order valence-corrected chi connectivity index (χ4v) is 3.68. The van der Waals surface area contributed by atoms with Crippen LogP contribution in [0.25, 0.3) is 0 Å². The number of rotatable bonds is 4. The van der Waals surface area contributed by atoms with E-state index < -0.39 is 29.6 Å². The van der Waals surface area contributed by atoms with Crippen LogP contribution in [0.5, 0.6) is 0 Å². The normalized spacial score (nSPS) is 18.3. The first-order chi connectivity index (χ1) is 14.3. The summed E-state index contributed by atoms with van der Waals surface area (Å²) < 4.78 is 15.0. The van der Waals surface area contributed by atoms with Crippen molar-refractivity contribution < 1.29 is 23.6 Å². The minimum atomic E-state index is -0.818. The molecule has 2 aromatic rings. The maximum atomic E-state index is 15.0.